The van der Waals surface area contributed by atoms with E-state index in [0.717, 1.165) is 30.8 Å². The molecule has 0 aliphatic carbocycles. The minimum Gasteiger partial charge on any atom is -0.437 e. The molecule has 1 heterocycles. The first-order chi connectivity index (χ1) is 10.2. The lowest BCUT2D eigenvalue weighted by Crippen LogP contribution is -2.06. The third-order valence-corrected chi connectivity index (χ3v) is 3.67. The molecule has 2 rings (SSSR count). The molecule has 6 heteroatoms. The Hall–Kier alpha value is -1.52. The highest BCUT2D eigenvalue weighted by molar-refractivity contribution is 6.42. The Labute approximate surface area is 134 Å². The van der Waals surface area contributed by atoms with Crippen molar-refractivity contribution in [1.29, 1.82) is 0 Å². The molecule has 0 fully saturated rings. The molecular weight excluding hydrogens is 309 g/mol. The third-order valence-electron chi connectivity index (χ3n) is 2.87. The number of aromatic nitrogens is 2. The van der Waals surface area contributed by atoms with E-state index < -0.39 is 0 Å². The van der Waals surface area contributed by atoms with Crippen molar-refractivity contribution in [3.8, 4) is 11.6 Å². The van der Waals surface area contributed by atoms with Crippen LogP contribution in [0.15, 0.2) is 24.5 Å². The molecule has 0 spiro atoms. The van der Waals surface area contributed by atoms with Crippen molar-refractivity contribution in [1.82, 2.24) is 9.97 Å². The van der Waals surface area contributed by atoms with Gasteiger partial charge >= 0.3 is 0 Å². The molecule has 21 heavy (non-hydrogen) atoms. The minimum absolute atomic E-state index is 0.380. The van der Waals surface area contributed by atoms with Crippen molar-refractivity contribution < 1.29 is 4.74 Å². The Morgan fingerprint density at radius 1 is 1.19 bits per heavy atom. The van der Waals surface area contributed by atoms with Crippen LogP contribution in [0.4, 0.5) is 5.82 Å². The normalized spacial score (nSPS) is 10.5. The fourth-order valence-corrected chi connectivity index (χ4v) is 2.28. The molecule has 0 radical (unpaired) electrons. The summed E-state index contributed by atoms with van der Waals surface area (Å²) < 4.78 is 5.85. The second-order valence-corrected chi connectivity index (χ2v) is 5.23. The molecular formula is C15H17Cl2N3O. The Bertz CT molecular complexity index is 620. The molecule has 0 saturated carbocycles. The number of benzene rings is 1. The molecule has 1 aromatic carbocycles. The van der Waals surface area contributed by atoms with Crippen molar-refractivity contribution in [2.75, 3.05) is 11.9 Å². The van der Waals surface area contributed by atoms with Crippen LogP contribution in [0.5, 0.6) is 11.6 Å². The summed E-state index contributed by atoms with van der Waals surface area (Å²) in [5.74, 6) is 1.79. The van der Waals surface area contributed by atoms with E-state index >= 15 is 0 Å². The monoisotopic (exact) mass is 325 g/mol. The van der Waals surface area contributed by atoms with Crippen LogP contribution in [0.1, 0.15) is 25.8 Å². The predicted octanol–water partition coefficient (Wildman–Crippen LogP) is 4.96. The fourth-order valence-electron chi connectivity index (χ4n) is 1.95. The van der Waals surface area contributed by atoms with Gasteiger partial charge in [-0.15, -0.1) is 0 Å². The lowest BCUT2D eigenvalue weighted by molar-refractivity contribution is 0.454. The van der Waals surface area contributed by atoms with Crippen molar-refractivity contribution in [3.63, 3.8) is 0 Å². The molecule has 0 aliphatic rings. The SMILES string of the molecule is CCCc1c(NCC)ncnc1Oc1cccc(Cl)c1Cl. The van der Waals surface area contributed by atoms with Gasteiger partial charge in [0.2, 0.25) is 5.88 Å². The zero-order chi connectivity index (χ0) is 15.2. The number of anilines is 1. The van der Waals surface area contributed by atoms with Gasteiger partial charge in [0, 0.05) is 6.54 Å². The van der Waals surface area contributed by atoms with E-state index in [0.29, 0.717) is 21.7 Å². The van der Waals surface area contributed by atoms with Crippen molar-refractivity contribution >= 4 is 29.0 Å². The second kappa shape index (κ2) is 7.48. The van der Waals surface area contributed by atoms with Gasteiger partial charge in [0.1, 0.15) is 22.9 Å². The van der Waals surface area contributed by atoms with Gasteiger partial charge in [-0.25, -0.2) is 9.97 Å². The topological polar surface area (TPSA) is 47.0 Å². The first kappa shape index (κ1) is 15.9. The Morgan fingerprint density at radius 3 is 2.71 bits per heavy atom. The maximum atomic E-state index is 6.16. The van der Waals surface area contributed by atoms with Crippen molar-refractivity contribution in [2.24, 2.45) is 0 Å². The average Bonchev–Trinajstić information content (AvgIpc) is 2.47. The van der Waals surface area contributed by atoms with Gasteiger partial charge in [-0.2, -0.15) is 0 Å². The predicted molar refractivity (Wildman–Crippen MR) is 86.7 cm³/mol. The molecule has 0 amide bonds. The van der Waals surface area contributed by atoms with Crippen LogP contribution in [0.2, 0.25) is 10.0 Å². The number of hydrogen-bond donors (Lipinski definition) is 1. The summed E-state index contributed by atoms with van der Waals surface area (Å²) in [6.07, 6.45) is 3.26. The fraction of sp³-hybridized carbons (Fsp3) is 0.333. The highest BCUT2D eigenvalue weighted by Crippen LogP contribution is 2.36. The van der Waals surface area contributed by atoms with Crippen molar-refractivity contribution in [3.05, 3.63) is 40.1 Å². The molecule has 0 aliphatic heterocycles. The van der Waals surface area contributed by atoms with Gasteiger partial charge in [-0.1, -0.05) is 42.6 Å². The zero-order valence-electron chi connectivity index (χ0n) is 12.0. The van der Waals surface area contributed by atoms with Crippen LogP contribution in [-0.4, -0.2) is 16.5 Å². The zero-order valence-corrected chi connectivity index (χ0v) is 13.5. The number of nitrogens with zero attached hydrogens (tertiary/aromatic N) is 2. The van der Waals surface area contributed by atoms with Gasteiger partial charge in [-0.05, 0) is 25.5 Å². The summed E-state index contributed by atoms with van der Waals surface area (Å²) in [4.78, 5) is 8.50. The molecule has 0 bridgehead atoms. The smallest absolute Gasteiger partial charge is 0.227 e. The van der Waals surface area contributed by atoms with Gasteiger partial charge in [0.05, 0.1) is 10.6 Å². The molecule has 4 nitrogen and oxygen atoms in total. The summed E-state index contributed by atoms with van der Waals surface area (Å²) >= 11 is 12.2. The van der Waals surface area contributed by atoms with Crippen molar-refractivity contribution in [2.45, 2.75) is 26.7 Å². The van der Waals surface area contributed by atoms with Crippen LogP contribution < -0.4 is 10.1 Å². The van der Waals surface area contributed by atoms with E-state index in [2.05, 4.69) is 22.2 Å². The van der Waals surface area contributed by atoms with Crippen LogP contribution in [0.3, 0.4) is 0 Å². The number of rotatable bonds is 6. The van der Waals surface area contributed by atoms with Crippen LogP contribution in [0, 0.1) is 0 Å². The lowest BCUT2D eigenvalue weighted by atomic mass is 10.1. The maximum absolute atomic E-state index is 6.16. The lowest BCUT2D eigenvalue weighted by Gasteiger charge is -2.14. The molecule has 0 atom stereocenters. The second-order valence-electron chi connectivity index (χ2n) is 4.44. The van der Waals surface area contributed by atoms with E-state index in [4.69, 9.17) is 27.9 Å². The molecule has 1 N–H and O–H groups in total. The molecule has 0 saturated heterocycles. The van der Waals surface area contributed by atoms with E-state index in [1.54, 1.807) is 18.2 Å². The summed E-state index contributed by atoms with van der Waals surface area (Å²) in [6.45, 7) is 4.90. The summed E-state index contributed by atoms with van der Waals surface area (Å²) in [5.41, 5.74) is 0.942. The maximum Gasteiger partial charge on any atom is 0.227 e. The third kappa shape index (κ3) is 3.77. The largest absolute Gasteiger partial charge is 0.437 e. The quantitative estimate of drug-likeness (QED) is 0.815. The standard InChI is InChI=1S/C15H17Cl2N3O/c1-3-6-10-14(18-4-2)19-9-20-15(10)21-12-8-5-7-11(16)13(12)17/h5,7-9H,3-4,6H2,1-2H3,(H,18,19,20). The van der Waals surface area contributed by atoms with E-state index in [1.165, 1.54) is 6.33 Å². The first-order valence-electron chi connectivity index (χ1n) is 6.87. The van der Waals surface area contributed by atoms with Crippen LogP contribution in [-0.2, 0) is 6.42 Å². The van der Waals surface area contributed by atoms with E-state index in [-0.39, 0.29) is 0 Å². The summed E-state index contributed by atoms with van der Waals surface area (Å²) in [6, 6.07) is 5.27. The summed E-state index contributed by atoms with van der Waals surface area (Å²) in [5, 5.41) is 4.05. The first-order valence-corrected chi connectivity index (χ1v) is 7.62. The van der Waals surface area contributed by atoms with Gasteiger partial charge in [0.15, 0.2) is 0 Å². The molecule has 1 aromatic heterocycles. The number of ether oxygens (including phenoxy) is 1. The average molecular weight is 326 g/mol. The molecule has 112 valence electrons. The highest BCUT2D eigenvalue weighted by atomic mass is 35.5. The van der Waals surface area contributed by atoms with E-state index in [9.17, 15) is 0 Å². The van der Waals surface area contributed by atoms with E-state index in [1.807, 2.05) is 6.92 Å². The Morgan fingerprint density at radius 2 is 2.00 bits per heavy atom. The van der Waals surface area contributed by atoms with Crippen LogP contribution >= 0.6 is 23.2 Å². The Kier molecular flexibility index (Phi) is 5.65. The summed E-state index contributed by atoms with van der Waals surface area (Å²) in [7, 11) is 0. The Balaban J connectivity index is 2.38. The number of halogens is 2. The van der Waals surface area contributed by atoms with Gasteiger partial charge in [-0.3, -0.25) is 0 Å². The number of nitrogens with one attached hydrogen (secondary N) is 1. The highest BCUT2D eigenvalue weighted by Gasteiger charge is 2.14. The number of hydrogen-bond acceptors (Lipinski definition) is 4. The minimum atomic E-state index is 0.380. The van der Waals surface area contributed by atoms with Gasteiger partial charge in [0.25, 0.3) is 0 Å². The molecule has 2 aromatic rings. The van der Waals surface area contributed by atoms with Gasteiger partial charge < -0.3 is 10.1 Å². The van der Waals surface area contributed by atoms with Crippen LogP contribution in [0.25, 0.3) is 0 Å². The molecule has 0 unspecified atom stereocenters.